The first-order valence-electron chi connectivity index (χ1n) is 20.1. The molecule has 2 unspecified atom stereocenters. The lowest BCUT2D eigenvalue weighted by Crippen LogP contribution is -2.69. The number of hydrogen-bond donors (Lipinski definition) is 1. The number of carboxylic acids is 1. The smallest absolute Gasteiger partial charge is 0.425 e. The number of carboxylic acid groups (broad SMARTS) is 1. The number of pyridine rings is 1. The Balaban J connectivity index is 1.45. The highest BCUT2D eigenvalue weighted by Crippen LogP contribution is 2.50. The van der Waals surface area contributed by atoms with Crippen molar-refractivity contribution in [1.82, 2.24) is 14.8 Å². The van der Waals surface area contributed by atoms with Crippen LogP contribution in [0, 0.1) is 34.5 Å². The van der Waals surface area contributed by atoms with E-state index in [0.29, 0.717) is 50.0 Å². The van der Waals surface area contributed by atoms with Crippen LogP contribution in [-0.4, -0.2) is 81.2 Å². The topological polar surface area (TPSA) is 133 Å². The van der Waals surface area contributed by atoms with Crippen LogP contribution in [0.4, 0.5) is 26.3 Å². The molecule has 1 aliphatic carbocycles. The summed E-state index contributed by atoms with van der Waals surface area (Å²) in [6, 6.07) is 3.94. The zero-order chi connectivity index (χ0) is 43.4. The van der Waals surface area contributed by atoms with Gasteiger partial charge in [0.15, 0.2) is 0 Å². The van der Waals surface area contributed by atoms with Crippen molar-refractivity contribution < 1.29 is 55.3 Å². The maximum absolute atomic E-state index is 15.1. The fourth-order valence-corrected chi connectivity index (χ4v) is 9.86. The standard InChI is InChI=1S/C42H52F6N4O6S/c1-5-11-32-40(58-28-24-33(59-25-28)42(46,47)48,16-10-20-52(32)35(53)34-30(41(43,44)45)13-8-19-50-34)37(56)51-21-17-39(26-49,18-22-51)31-14-6-7-15-38(31,4)57-23-9-12-29(27(2)3)36(54)55/h6,8,13-14,19,24-25,27,29,31-32H,5,7,9-12,15-18,20-23H2,1-4H3,(H,54,55)/t29-,31?,32+,38?,40-/m0/s1. The van der Waals surface area contributed by atoms with E-state index < -0.39 is 74.8 Å². The second-order valence-corrected chi connectivity index (χ2v) is 17.3. The van der Waals surface area contributed by atoms with E-state index >= 15 is 4.79 Å². The zero-order valence-electron chi connectivity index (χ0n) is 33.7. The summed E-state index contributed by atoms with van der Waals surface area (Å²) in [6.45, 7) is 7.77. The molecule has 324 valence electrons. The van der Waals surface area contributed by atoms with Crippen LogP contribution in [0.25, 0.3) is 0 Å². The fourth-order valence-electron chi connectivity index (χ4n) is 9.19. The van der Waals surface area contributed by atoms with Crippen molar-refractivity contribution in [2.24, 2.45) is 23.2 Å². The number of likely N-dealkylation sites (tertiary alicyclic amines) is 2. The molecule has 0 bridgehead atoms. The van der Waals surface area contributed by atoms with Crippen LogP contribution in [0.2, 0.25) is 0 Å². The molecule has 2 saturated heterocycles. The van der Waals surface area contributed by atoms with Crippen LogP contribution in [0.5, 0.6) is 5.75 Å². The highest BCUT2D eigenvalue weighted by Gasteiger charge is 2.58. The summed E-state index contributed by atoms with van der Waals surface area (Å²) in [6.07, 6.45) is -1.45. The number of carbonyl (C=O) groups is 3. The second kappa shape index (κ2) is 18.2. The number of nitrogens with zero attached hydrogens (tertiary/aromatic N) is 4. The van der Waals surface area contributed by atoms with Gasteiger partial charge in [0, 0.05) is 56.2 Å². The molecule has 2 aromatic rings. The average molecular weight is 855 g/mol. The monoisotopic (exact) mass is 854 g/mol. The van der Waals surface area contributed by atoms with Gasteiger partial charge in [-0.3, -0.25) is 19.4 Å². The molecule has 5 atom stereocenters. The van der Waals surface area contributed by atoms with Crippen molar-refractivity contribution >= 4 is 29.1 Å². The van der Waals surface area contributed by atoms with Crippen LogP contribution in [0.15, 0.2) is 41.9 Å². The Morgan fingerprint density at radius 3 is 2.39 bits per heavy atom. The van der Waals surface area contributed by atoms with E-state index in [0.717, 1.165) is 34.7 Å². The van der Waals surface area contributed by atoms with Crippen molar-refractivity contribution in [3.05, 3.63) is 58.1 Å². The van der Waals surface area contributed by atoms with Crippen molar-refractivity contribution in [3.8, 4) is 11.8 Å². The number of carbonyl (C=O) groups excluding carboxylic acids is 2. The summed E-state index contributed by atoms with van der Waals surface area (Å²) in [5, 5.41) is 21.6. The molecule has 17 heteroatoms. The van der Waals surface area contributed by atoms with E-state index in [9.17, 15) is 46.3 Å². The van der Waals surface area contributed by atoms with E-state index in [2.05, 4.69) is 11.1 Å². The van der Waals surface area contributed by atoms with Gasteiger partial charge in [0.25, 0.3) is 11.8 Å². The minimum absolute atomic E-state index is 0.0392. The Morgan fingerprint density at radius 1 is 1.08 bits per heavy atom. The minimum Gasteiger partial charge on any atom is -0.481 e. The Labute approximate surface area is 344 Å². The lowest BCUT2D eigenvalue weighted by atomic mass is 9.61. The van der Waals surface area contributed by atoms with Crippen molar-refractivity contribution in [2.45, 2.75) is 121 Å². The molecule has 10 nitrogen and oxygen atoms in total. The minimum atomic E-state index is -4.92. The summed E-state index contributed by atoms with van der Waals surface area (Å²) >= 11 is 0.372. The Morgan fingerprint density at radius 2 is 1.80 bits per heavy atom. The molecular formula is C42H52F6N4O6S. The normalized spacial score (nSPS) is 25.4. The molecule has 0 radical (unpaired) electrons. The van der Waals surface area contributed by atoms with Gasteiger partial charge >= 0.3 is 18.3 Å². The van der Waals surface area contributed by atoms with E-state index in [-0.39, 0.29) is 69.3 Å². The summed E-state index contributed by atoms with van der Waals surface area (Å²) in [5.74, 6) is -3.78. The lowest BCUT2D eigenvalue weighted by Gasteiger charge is -2.52. The quantitative estimate of drug-likeness (QED) is 0.113. The molecule has 59 heavy (non-hydrogen) atoms. The first-order chi connectivity index (χ1) is 27.7. The third kappa shape index (κ3) is 9.74. The van der Waals surface area contributed by atoms with Gasteiger partial charge in [0.05, 0.1) is 34.6 Å². The second-order valence-electron chi connectivity index (χ2n) is 16.4. The number of ether oxygens (including phenoxy) is 2. The molecule has 2 fully saturated rings. The highest BCUT2D eigenvalue weighted by atomic mass is 32.1. The summed E-state index contributed by atoms with van der Waals surface area (Å²) in [7, 11) is 0. The maximum atomic E-state index is 15.1. The van der Waals surface area contributed by atoms with Gasteiger partial charge in [-0.25, -0.2) is 0 Å². The van der Waals surface area contributed by atoms with Crippen LogP contribution >= 0.6 is 11.3 Å². The van der Waals surface area contributed by atoms with Crippen LogP contribution < -0.4 is 4.74 Å². The first-order valence-corrected chi connectivity index (χ1v) is 21.0. The predicted molar refractivity (Wildman–Crippen MR) is 206 cm³/mol. The molecule has 2 amide bonds. The third-order valence-corrected chi connectivity index (χ3v) is 13.2. The Hall–Kier alpha value is -4.17. The Bertz CT molecular complexity index is 1890. The number of hydrogen-bond acceptors (Lipinski definition) is 8. The van der Waals surface area contributed by atoms with E-state index in [1.807, 2.05) is 32.9 Å². The summed E-state index contributed by atoms with van der Waals surface area (Å²) < 4.78 is 96.6. The molecule has 0 saturated carbocycles. The van der Waals surface area contributed by atoms with Crippen molar-refractivity contribution in [2.75, 3.05) is 26.2 Å². The number of aliphatic carboxylic acids is 1. The van der Waals surface area contributed by atoms with E-state index in [1.54, 1.807) is 6.92 Å². The number of nitriles is 1. The molecule has 0 spiro atoms. The molecule has 2 aromatic heterocycles. The third-order valence-electron chi connectivity index (χ3n) is 12.3. The fraction of sp³-hybridized carbons (Fsp3) is 0.643. The SMILES string of the molecule is CCC[C@H]1N(C(=O)c2ncccc2C(F)(F)F)CCC[C@@]1(Oc1csc(C(F)(F)F)c1)C(=O)N1CCC(C#N)(C2C=CCCC2(C)OCCC[C@H](C(=O)O)C(C)C)CC1. The van der Waals surface area contributed by atoms with Crippen molar-refractivity contribution in [3.63, 3.8) is 0 Å². The van der Waals surface area contributed by atoms with E-state index in [4.69, 9.17) is 9.47 Å². The van der Waals surface area contributed by atoms with Gasteiger partial charge in [-0.2, -0.15) is 31.6 Å². The molecule has 5 rings (SSSR count). The number of piperidine rings is 2. The van der Waals surface area contributed by atoms with Gasteiger partial charge in [-0.1, -0.05) is 39.3 Å². The highest BCUT2D eigenvalue weighted by molar-refractivity contribution is 7.10. The molecule has 2 aliphatic heterocycles. The zero-order valence-corrected chi connectivity index (χ0v) is 34.5. The first kappa shape index (κ1) is 45.9. The van der Waals surface area contributed by atoms with Crippen molar-refractivity contribution in [1.29, 1.82) is 5.26 Å². The van der Waals surface area contributed by atoms with E-state index in [1.165, 1.54) is 4.90 Å². The molecular weight excluding hydrogens is 803 g/mol. The van der Waals surface area contributed by atoms with Gasteiger partial charge in [-0.05, 0) is 76.3 Å². The average Bonchev–Trinajstić information content (AvgIpc) is 3.67. The number of alkyl halides is 6. The lowest BCUT2D eigenvalue weighted by molar-refractivity contribution is -0.163. The molecule has 0 aromatic carbocycles. The number of rotatable bonds is 14. The Kier molecular flexibility index (Phi) is 14.2. The largest absolute Gasteiger partial charge is 0.481 e. The number of allylic oxidation sites excluding steroid dienone is 1. The van der Waals surface area contributed by atoms with Crippen LogP contribution in [0.3, 0.4) is 0 Å². The number of thiophene rings is 1. The van der Waals surface area contributed by atoms with Gasteiger partial charge < -0.3 is 24.4 Å². The van der Waals surface area contributed by atoms with Gasteiger partial charge in [0.2, 0.25) is 5.60 Å². The van der Waals surface area contributed by atoms with Crippen LogP contribution in [0.1, 0.15) is 113 Å². The number of aromatic nitrogens is 1. The molecule has 4 heterocycles. The van der Waals surface area contributed by atoms with Gasteiger partial charge in [0.1, 0.15) is 16.3 Å². The number of amides is 2. The number of halogens is 6. The molecule has 3 aliphatic rings. The van der Waals surface area contributed by atoms with Gasteiger partial charge in [-0.15, -0.1) is 11.3 Å². The summed E-state index contributed by atoms with van der Waals surface area (Å²) in [5.41, 5.74) is -5.86. The molecule has 1 N–H and O–H groups in total. The summed E-state index contributed by atoms with van der Waals surface area (Å²) in [4.78, 5) is 46.5. The predicted octanol–water partition coefficient (Wildman–Crippen LogP) is 9.41. The maximum Gasteiger partial charge on any atom is 0.425 e. The van der Waals surface area contributed by atoms with Crippen LogP contribution in [-0.2, 0) is 26.7 Å².